The molecule has 2 aliphatic rings. The first-order valence-corrected chi connectivity index (χ1v) is 19.6. The maximum absolute atomic E-state index is 14.0. The van der Waals surface area contributed by atoms with Crippen molar-refractivity contribution in [3.63, 3.8) is 0 Å². The molecule has 294 valence electrons. The summed E-state index contributed by atoms with van der Waals surface area (Å²) in [6, 6.07) is 23.7. The number of benzene rings is 3. The van der Waals surface area contributed by atoms with Crippen LogP contribution in [0.15, 0.2) is 102 Å². The lowest BCUT2D eigenvalue weighted by Gasteiger charge is -2.25. The maximum Gasteiger partial charge on any atom is 0.410 e. The third-order valence-corrected chi connectivity index (χ3v) is 10.5. The van der Waals surface area contributed by atoms with Gasteiger partial charge in [0.2, 0.25) is 11.8 Å². The Bertz CT molecular complexity index is 1960. The maximum atomic E-state index is 14.0. The summed E-state index contributed by atoms with van der Waals surface area (Å²) >= 11 is 1.36. The third kappa shape index (κ3) is 10.5. The molecule has 1 aromatic heterocycles. The second-order valence-electron chi connectivity index (χ2n) is 14.5. The molecule has 0 radical (unpaired) electrons. The summed E-state index contributed by atoms with van der Waals surface area (Å²) in [5.41, 5.74) is 4.10. The predicted octanol–water partition coefficient (Wildman–Crippen LogP) is 6.99. The van der Waals surface area contributed by atoms with Gasteiger partial charge in [-0.2, -0.15) is 0 Å². The minimum Gasteiger partial charge on any atom is -0.445 e. The van der Waals surface area contributed by atoms with Crippen LogP contribution in [0.2, 0.25) is 0 Å². The van der Waals surface area contributed by atoms with Gasteiger partial charge in [-0.05, 0) is 75.2 Å². The van der Waals surface area contributed by atoms with E-state index in [0.717, 1.165) is 35.6 Å². The standard InChI is InChI=1S/C42H49N7O6S/c1-6-47(22-23-53-5)34-18-16-32(17-19-34)46-40-49(26-33-25-43-20-21-44-33)39(51)37(56-40)30-12-14-31(15-13-30)45-38(50)36-24-35(55-42(2,3)4)27-48(36)41(52)54-28-29-10-8-7-9-11-29/h7-21,25,35-37H,6,22-24,26-28H2,1-5H3,(H,45,50)/t35-,36+,37?/m1/s1. The highest BCUT2D eigenvalue weighted by Gasteiger charge is 2.43. The molecule has 3 amide bonds. The number of likely N-dealkylation sites (N-methyl/N-ethyl adjacent to an activating group) is 1. The van der Waals surface area contributed by atoms with Gasteiger partial charge in [-0.25, -0.2) is 9.79 Å². The van der Waals surface area contributed by atoms with Crippen molar-refractivity contribution < 1.29 is 28.6 Å². The first kappa shape index (κ1) is 40.4. The SMILES string of the molecule is CCN(CCOC)c1ccc(N=C2SC(c3ccc(NC(=O)[C@@H]4C[C@@H](OC(C)(C)C)CN4C(=O)OCc4ccccc4)cc3)C(=O)N2Cc2cnccn2)cc1. The topological polar surface area (TPSA) is 139 Å². The number of carbonyl (C=O) groups excluding carboxylic acids is 3. The molecule has 4 aromatic rings. The number of ether oxygens (including phenoxy) is 3. The number of hydrogen-bond donors (Lipinski definition) is 1. The van der Waals surface area contributed by atoms with E-state index in [9.17, 15) is 14.4 Å². The molecule has 2 fully saturated rings. The normalized spacial score (nSPS) is 19.1. The highest BCUT2D eigenvalue weighted by Crippen LogP contribution is 2.41. The highest BCUT2D eigenvalue weighted by molar-refractivity contribution is 8.15. The number of methoxy groups -OCH3 is 1. The van der Waals surface area contributed by atoms with Crippen LogP contribution in [0.25, 0.3) is 0 Å². The summed E-state index contributed by atoms with van der Waals surface area (Å²) in [7, 11) is 1.69. The third-order valence-electron chi connectivity index (χ3n) is 9.27. The van der Waals surface area contributed by atoms with E-state index in [2.05, 4.69) is 27.1 Å². The van der Waals surface area contributed by atoms with Crippen LogP contribution < -0.4 is 10.2 Å². The van der Waals surface area contributed by atoms with Gasteiger partial charge in [-0.15, -0.1) is 0 Å². The van der Waals surface area contributed by atoms with Gasteiger partial charge >= 0.3 is 6.09 Å². The number of carbonyl (C=O) groups is 3. The number of anilines is 2. The molecule has 3 atom stereocenters. The number of nitrogens with one attached hydrogen (secondary N) is 1. The van der Waals surface area contributed by atoms with Crippen molar-refractivity contribution >= 4 is 51.9 Å². The average Bonchev–Trinajstić information content (AvgIpc) is 3.75. The summed E-state index contributed by atoms with van der Waals surface area (Å²) in [5, 5.41) is 2.95. The lowest BCUT2D eigenvalue weighted by Crippen LogP contribution is -2.43. The van der Waals surface area contributed by atoms with E-state index in [-0.39, 0.29) is 37.6 Å². The minimum atomic E-state index is -0.796. The zero-order valence-electron chi connectivity index (χ0n) is 32.5. The van der Waals surface area contributed by atoms with E-state index >= 15 is 0 Å². The molecule has 3 aromatic carbocycles. The Morgan fingerprint density at radius 3 is 2.43 bits per heavy atom. The van der Waals surface area contributed by atoms with Crippen LogP contribution in [0.3, 0.4) is 0 Å². The van der Waals surface area contributed by atoms with Crippen LogP contribution in [0.1, 0.15) is 56.2 Å². The first-order chi connectivity index (χ1) is 27.0. The van der Waals surface area contributed by atoms with Crippen molar-refractivity contribution in [2.75, 3.05) is 43.6 Å². The number of nitrogens with zero attached hydrogens (tertiary/aromatic N) is 6. The van der Waals surface area contributed by atoms with Gasteiger partial charge in [0.25, 0.3) is 0 Å². The van der Waals surface area contributed by atoms with Crippen LogP contribution in [0.5, 0.6) is 0 Å². The second-order valence-corrected chi connectivity index (χ2v) is 15.6. The van der Waals surface area contributed by atoms with Crippen molar-refractivity contribution in [3.05, 3.63) is 114 Å². The van der Waals surface area contributed by atoms with Crippen molar-refractivity contribution in [2.45, 2.75) is 70.3 Å². The van der Waals surface area contributed by atoms with Gasteiger partial charge in [0.15, 0.2) is 5.17 Å². The Hall–Kier alpha value is -5.31. The minimum absolute atomic E-state index is 0.0938. The summed E-state index contributed by atoms with van der Waals surface area (Å²) in [5.74, 6) is -0.484. The van der Waals surface area contributed by atoms with Gasteiger partial charge in [-0.3, -0.25) is 29.4 Å². The van der Waals surface area contributed by atoms with Gasteiger partial charge in [0.1, 0.15) is 17.9 Å². The van der Waals surface area contributed by atoms with Crippen molar-refractivity contribution in [1.82, 2.24) is 19.8 Å². The lowest BCUT2D eigenvalue weighted by molar-refractivity contribution is -0.126. The van der Waals surface area contributed by atoms with E-state index in [1.54, 1.807) is 42.7 Å². The van der Waals surface area contributed by atoms with Gasteiger partial charge < -0.3 is 24.4 Å². The molecule has 0 spiro atoms. The molecule has 1 unspecified atom stereocenters. The van der Waals surface area contributed by atoms with Gasteiger partial charge in [-0.1, -0.05) is 54.2 Å². The molecule has 2 aliphatic heterocycles. The molecule has 56 heavy (non-hydrogen) atoms. The number of thioether (sulfide) groups is 1. The van der Waals surface area contributed by atoms with Crippen LogP contribution in [0, 0.1) is 0 Å². The molecule has 13 nitrogen and oxygen atoms in total. The fraction of sp³-hybridized carbons (Fsp3) is 0.381. The first-order valence-electron chi connectivity index (χ1n) is 18.7. The number of likely N-dealkylation sites (tertiary alicyclic amines) is 1. The Kier molecular flexibility index (Phi) is 13.4. The summed E-state index contributed by atoms with van der Waals surface area (Å²) in [6.07, 6.45) is 4.24. The van der Waals surface area contributed by atoms with E-state index in [1.807, 2.05) is 87.5 Å². The van der Waals surface area contributed by atoms with Crippen LogP contribution >= 0.6 is 11.8 Å². The Morgan fingerprint density at radius 2 is 1.77 bits per heavy atom. The monoisotopic (exact) mass is 779 g/mol. The summed E-state index contributed by atoms with van der Waals surface area (Å²) in [6.45, 7) is 10.7. The smallest absolute Gasteiger partial charge is 0.410 e. The van der Waals surface area contributed by atoms with E-state index < -0.39 is 23.0 Å². The molecule has 6 rings (SSSR count). The quantitative estimate of drug-likeness (QED) is 0.143. The number of rotatable bonds is 14. The van der Waals surface area contributed by atoms with Gasteiger partial charge in [0.05, 0.1) is 49.0 Å². The second kappa shape index (κ2) is 18.5. The molecule has 0 aliphatic carbocycles. The molecule has 2 saturated heterocycles. The van der Waals surface area contributed by atoms with Gasteiger partial charge in [0, 0.05) is 50.4 Å². The molecular formula is C42H49N7O6S. The van der Waals surface area contributed by atoms with Crippen molar-refractivity contribution in [1.29, 1.82) is 0 Å². The van der Waals surface area contributed by atoms with Crippen LogP contribution in [-0.4, -0.2) is 93.9 Å². The van der Waals surface area contributed by atoms with Crippen LogP contribution in [-0.2, 0) is 37.0 Å². The molecule has 0 saturated carbocycles. The fourth-order valence-corrected chi connectivity index (χ4v) is 7.77. The van der Waals surface area contributed by atoms with E-state index in [1.165, 1.54) is 16.7 Å². The number of aliphatic imine (C=N–C) groups is 1. The summed E-state index contributed by atoms with van der Waals surface area (Å²) in [4.78, 5) is 59.9. The Morgan fingerprint density at radius 1 is 1.02 bits per heavy atom. The number of hydrogen-bond acceptors (Lipinski definition) is 11. The Labute approximate surface area is 332 Å². The van der Waals surface area contributed by atoms with Crippen molar-refractivity contribution in [2.24, 2.45) is 4.99 Å². The lowest BCUT2D eigenvalue weighted by atomic mass is 10.1. The summed E-state index contributed by atoms with van der Waals surface area (Å²) < 4.78 is 17.1. The fourth-order valence-electron chi connectivity index (χ4n) is 6.59. The highest BCUT2D eigenvalue weighted by atomic mass is 32.2. The molecule has 0 bridgehead atoms. The zero-order valence-corrected chi connectivity index (χ0v) is 33.3. The van der Waals surface area contributed by atoms with E-state index in [4.69, 9.17) is 19.2 Å². The van der Waals surface area contributed by atoms with E-state index in [0.29, 0.717) is 29.6 Å². The number of amidine groups is 1. The average molecular weight is 780 g/mol. The zero-order chi connectivity index (χ0) is 39.7. The predicted molar refractivity (Wildman–Crippen MR) is 218 cm³/mol. The largest absolute Gasteiger partial charge is 0.445 e. The Balaban J connectivity index is 1.16. The molecular weight excluding hydrogens is 731 g/mol. The van der Waals surface area contributed by atoms with Crippen molar-refractivity contribution in [3.8, 4) is 0 Å². The number of amides is 3. The molecule has 14 heteroatoms. The number of aromatic nitrogens is 2. The molecule has 3 heterocycles. The van der Waals surface area contributed by atoms with Crippen LogP contribution in [0.4, 0.5) is 21.9 Å². The molecule has 1 N–H and O–H groups in total.